The van der Waals surface area contributed by atoms with E-state index in [1.807, 2.05) is 0 Å². The maximum Gasteiger partial charge on any atom is 0.222 e. The number of methoxy groups -OCH3 is 1. The second-order valence-electron chi connectivity index (χ2n) is 3.63. The second-order valence-corrected chi connectivity index (χ2v) is 3.63. The lowest BCUT2D eigenvalue weighted by Gasteiger charge is -2.41. The van der Waals surface area contributed by atoms with Gasteiger partial charge in [-0.2, -0.15) is 0 Å². The molecule has 0 aromatic heterocycles. The maximum atomic E-state index is 11.3. The van der Waals surface area contributed by atoms with Crippen molar-refractivity contribution in [3.05, 3.63) is 0 Å². The van der Waals surface area contributed by atoms with Crippen LogP contribution in [0, 0.1) is 0 Å². The molecule has 13 heavy (non-hydrogen) atoms. The van der Waals surface area contributed by atoms with Crippen LogP contribution < -0.4 is 11.1 Å². The van der Waals surface area contributed by atoms with Gasteiger partial charge in [0.1, 0.15) is 0 Å². The smallest absolute Gasteiger partial charge is 0.222 e. The van der Waals surface area contributed by atoms with Crippen LogP contribution in [0.15, 0.2) is 0 Å². The molecular weight excluding hydrogens is 168 g/mol. The summed E-state index contributed by atoms with van der Waals surface area (Å²) >= 11 is 0. The lowest BCUT2D eigenvalue weighted by atomic mass is 9.77. The fourth-order valence-corrected chi connectivity index (χ4v) is 1.54. The Bertz CT molecular complexity index is 173. The van der Waals surface area contributed by atoms with Gasteiger partial charge in [0.15, 0.2) is 0 Å². The number of nitrogens with one attached hydrogen (secondary N) is 1. The normalized spacial score (nSPS) is 19.2. The SMILES string of the molecule is COCCC(=O)NC1(CN)CCC1. The van der Waals surface area contributed by atoms with E-state index in [9.17, 15) is 4.79 Å². The molecule has 0 heterocycles. The zero-order chi connectivity index (χ0) is 9.73. The first kappa shape index (κ1) is 10.5. The predicted octanol–water partition coefficient (Wildman–Crippen LogP) is 0.0205. The molecule has 4 nitrogen and oxygen atoms in total. The van der Waals surface area contributed by atoms with E-state index in [4.69, 9.17) is 10.5 Å². The van der Waals surface area contributed by atoms with Crippen LogP contribution in [0.5, 0.6) is 0 Å². The Morgan fingerprint density at radius 2 is 2.31 bits per heavy atom. The van der Waals surface area contributed by atoms with Crippen LogP contribution in [0.25, 0.3) is 0 Å². The summed E-state index contributed by atoms with van der Waals surface area (Å²) in [5, 5.41) is 2.97. The molecular formula is C9H18N2O2. The van der Waals surface area contributed by atoms with E-state index in [2.05, 4.69) is 5.32 Å². The molecule has 1 aliphatic rings. The quantitative estimate of drug-likeness (QED) is 0.636. The summed E-state index contributed by atoms with van der Waals surface area (Å²) in [7, 11) is 1.59. The highest BCUT2D eigenvalue weighted by Crippen LogP contribution is 2.30. The molecule has 1 rings (SSSR count). The van der Waals surface area contributed by atoms with Gasteiger partial charge in [-0.3, -0.25) is 4.79 Å². The fraction of sp³-hybridized carbons (Fsp3) is 0.889. The number of hydrogen-bond acceptors (Lipinski definition) is 3. The number of carbonyl (C=O) groups excluding carboxylic acids is 1. The number of amides is 1. The van der Waals surface area contributed by atoms with E-state index in [0.717, 1.165) is 12.8 Å². The summed E-state index contributed by atoms with van der Waals surface area (Å²) in [5.74, 6) is 0.0481. The molecule has 1 amide bonds. The molecule has 1 aliphatic carbocycles. The predicted molar refractivity (Wildman–Crippen MR) is 50.3 cm³/mol. The van der Waals surface area contributed by atoms with Crippen LogP contribution in [0.3, 0.4) is 0 Å². The van der Waals surface area contributed by atoms with E-state index < -0.39 is 0 Å². The molecule has 0 bridgehead atoms. The monoisotopic (exact) mass is 186 g/mol. The number of nitrogens with two attached hydrogens (primary N) is 1. The Hall–Kier alpha value is -0.610. The van der Waals surface area contributed by atoms with E-state index >= 15 is 0 Å². The average Bonchev–Trinajstić information content (AvgIpc) is 2.08. The minimum atomic E-state index is -0.0924. The number of ether oxygens (including phenoxy) is 1. The van der Waals surface area contributed by atoms with Gasteiger partial charge in [0.25, 0.3) is 0 Å². The van der Waals surface area contributed by atoms with Gasteiger partial charge in [0.2, 0.25) is 5.91 Å². The highest BCUT2D eigenvalue weighted by atomic mass is 16.5. The molecule has 0 unspecified atom stereocenters. The van der Waals surface area contributed by atoms with Crippen molar-refractivity contribution >= 4 is 5.91 Å². The molecule has 0 spiro atoms. The third-order valence-corrected chi connectivity index (χ3v) is 2.64. The number of hydrogen-bond donors (Lipinski definition) is 2. The first-order valence-electron chi connectivity index (χ1n) is 4.72. The van der Waals surface area contributed by atoms with Crippen LogP contribution in [0.4, 0.5) is 0 Å². The van der Waals surface area contributed by atoms with Gasteiger partial charge < -0.3 is 15.8 Å². The number of rotatable bonds is 5. The minimum absolute atomic E-state index is 0.0481. The molecule has 3 N–H and O–H groups in total. The summed E-state index contributed by atoms with van der Waals surface area (Å²) in [6, 6.07) is 0. The van der Waals surface area contributed by atoms with Crippen molar-refractivity contribution in [1.82, 2.24) is 5.32 Å². The van der Waals surface area contributed by atoms with E-state index in [0.29, 0.717) is 19.6 Å². The van der Waals surface area contributed by atoms with Gasteiger partial charge >= 0.3 is 0 Å². The lowest BCUT2D eigenvalue weighted by molar-refractivity contribution is -0.124. The second kappa shape index (κ2) is 4.58. The van der Waals surface area contributed by atoms with E-state index in [1.165, 1.54) is 6.42 Å². The van der Waals surface area contributed by atoms with Crippen LogP contribution in [-0.2, 0) is 9.53 Å². The van der Waals surface area contributed by atoms with Gasteiger partial charge in [-0.05, 0) is 19.3 Å². The Morgan fingerprint density at radius 3 is 2.69 bits per heavy atom. The van der Waals surface area contributed by atoms with Crippen LogP contribution in [0.1, 0.15) is 25.7 Å². The molecule has 0 atom stereocenters. The van der Waals surface area contributed by atoms with Crippen molar-refractivity contribution in [2.45, 2.75) is 31.2 Å². The van der Waals surface area contributed by atoms with Gasteiger partial charge in [-0.25, -0.2) is 0 Å². The third-order valence-electron chi connectivity index (χ3n) is 2.64. The Kier molecular flexibility index (Phi) is 3.69. The van der Waals surface area contributed by atoms with Gasteiger partial charge in [-0.1, -0.05) is 0 Å². The van der Waals surface area contributed by atoms with E-state index in [1.54, 1.807) is 7.11 Å². The first-order valence-corrected chi connectivity index (χ1v) is 4.72. The lowest BCUT2D eigenvalue weighted by Crippen LogP contribution is -2.58. The van der Waals surface area contributed by atoms with Crippen molar-refractivity contribution in [3.63, 3.8) is 0 Å². The molecule has 76 valence electrons. The zero-order valence-corrected chi connectivity index (χ0v) is 8.14. The summed E-state index contributed by atoms with van der Waals surface area (Å²) in [6.07, 6.45) is 3.63. The largest absolute Gasteiger partial charge is 0.384 e. The highest BCUT2D eigenvalue weighted by molar-refractivity contribution is 5.77. The van der Waals surface area contributed by atoms with Crippen molar-refractivity contribution < 1.29 is 9.53 Å². The average molecular weight is 186 g/mol. The maximum absolute atomic E-state index is 11.3. The zero-order valence-electron chi connectivity index (χ0n) is 8.14. The standard InChI is InChI=1S/C9H18N2O2/c1-13-6-3-8(12)11-9(7-10)4-2-5-9/h2-7,10H2,1H3,(H,11,12). The Morgan fingerprint density at radius 1 is 1.62 bits per heavy atom. The fourth-order valence-electron chi connectivity index (χ4n) is 1.54. The molecule has 0 aromatic carbocycles. The highest BCUT2D eigenvalue weighted by Gasteiger charge is 2.36. The summed E-state index contributed by atoms with van der Waals surface area (Å²) in [6.45, 7) is 1.03. The van der Waals surface area contributed by atoms with Crippen LogP contribution >= 0.6 is 0 Å². The van der Waals surface area contributed by atoms with Crippen LogP contribution in [-0.4, -0.2) is 31.7 Å². The molecule has 4 heteroatoms. The van der Waals surface area contributed by atoms with Gasteiger partial charge in [0.05, 0.1) is 12.1 Å². The van der Waals surface area contributed by atoms with Gasteiger partial charge in [-0.15, -0.1) is 0 Å². The minimum Gasteiger partial charge on any atom is -0.384 e. The molecule has 0 aliphatic heterocycles. The van der Waals surface area contributed by atoms with Crippen LogP contribution in [0.2, 0.25) is 0 Å². The number of carbonyl (C=O) groups is 1. The van der Waals surface area contributed by atoms with Crippen molar-refractivity contribution in [2.75, 3.05) is 20.3 Å². The van der Waals surface area contributed by atoms with Crippen molar-refractivity contribution in [1.29, 1.82) is 0 Å². The molecule has 0 radical (unpaired) electrons. The molecule has 1 fully saturated rings. The summed E-state index contributed by atoms with van der Waals surface area (Å²) in [4.78, 5) is 11.3. The topological polar surface area (TPSA) is 64.3 Å². The van der Waals surface area contributed by atoms with E-state index in [-0.39, 0.29) is 11.4 Å². The van der Waals surface area contributed by atoms with Crippen molar-refractivity contribution in [2.24, 2.45) is 5.73 Å². The Labute approximate surface area is 78.8 Å². The summed E-state index contributed by atoms with van der Waals surface area (Å²) < 4.78 is 4.82. The molecule has 1 saturated carbocycles. The first-order chi connectivity index (χ1) is 6.22. The molecule has 0 saturated heterocycles. The Balaban J connectivity index is 2.25. The third kappa shape index (κ3) is 2.67. The summed E-state index contributed by atoms with van der Waals surface area (Å²) in [5.41, 5.74) is 5.51. The van der Waals surface area contributed by atoms with Crippen molar-refractivity contribution in [3.8, 4) is 0 Å². The molecule has 0 aromatic rings. The van der Waals surface area contributed by atoms with Gasteiger partial charge in [0, 0.05) is 20.1 Å².